The zero-order valence-corrected chi connectivity index (χ0v) is 32.9. The van der Waals surface area contributed by atoms with Gasteiger partial charge in [0.25, 0.3) is 0 Å². The minimum atomic E-state index is -7.22. The second-order valence-corrected chi connectivity index (χ2v) is 13.9. The fraction of sp³-hybridized carbons (Fsp3) is 0.0233. The monoisotopic (exact) mass is 995 g/mol. The molecule has 0 saturated carbocycles. The van der Waals surface area contributed by atoms with Gasteiger partial charge in [-0.1, -0.05) is 30.3 Å². The summed E-state index contributed by atoms with van der Waals surface area (Å²) in [4.78, 5) is 16.4. The SMILES string of the molecule is Fc1c(F)c(F)c([B-](c2c(F)c(F)c(F)c(F)c2F)(c2c(F)c(F)c(F)c(F)c2F)c2c(F)c(F)c(F)c(F)c2F)c(F)c1F.N#Cc1ccc(OC(=O)c2cncc[n+]2Cc2ccccc2)cc1. The molecule has 0 aliphatic heterocycles. The minimum Gasteiger partial charge on any atom is -0.419 e. The molecule has 7 rings (SSSR count). The molecule has 26 heteroatoms. The van der Waals surface area contributed by atoms with Gasteiger partial charge < -0.3 is 4.74 Å². The molecule has 6 aromatic carbocycles. The van der Waals surface area contributed by atoms with E-state index in [0.717, 1.165) is 5.56 Å². The Morgan fingerprint density at radius 2 is 0.797 bits per heavy atom. The molecule has 0 radical (unpaired) electrons. The van der Waals surface area contributed by atoms with Gasteiger partial charge in [-0.2, -0.15) is 9.83 Å². The van der Waals surface area contributed by atoms with Crippen LogP contribution in [0, 0.1) is 128 Å². The Kier molecular flexibility index (Phi) is 14.1. The molecule has 7 aromatic rings. The molecule has 1 aromatic heterocycles. The van der Waals surface area contributed by atoms with Crippen LogP contribution in [0.3, 0.4) is 0 Å². The van der Waals surface area contributed by atoms with E-state index in [-0.39, 0.29) is 0 Å². The number of carbonyl (C=O) groups is 1. The molecule has 0 spiro atoms. The van der Waals surface area contributed by atoms with Crippen molar-refractivity contribution in [2.75, 3.05) is 0 Å². The van der Waals surface area contributed by atoms with Crippen LogP contribution in [-0.2, 0) is 6.54 Å². The zero-order chi connectivity index (χ0) is 51.1. The van der Waals surface area contributed by atoms with Crippen LogP contribution in [0.5, 0.6) is 5.75 Å². The third-order valence-electron chi connectivity index (χ3n) is 10.1. The lowest BCUT2D eigenvalue weighted by Crippen LogP contribution is -2.81. The summed E-state index contributed by atoms with van der Waals surface area (Å²) in [5.41, 5.74) is -12.4. The van der Waals surface area contributed by atoms with E-state index in [1.54, 1.807) is 41.2 Å². The van der Waals surface area contributed by atoms with E-state index in [0.29, 0.717) is 23.6 Å². The first-order valence-electron chi connectivity index (χ1n) is 18.3. The number of hydrogen-bond donors (Lipinski definition) is 0. The smallest absolute Gasteiger partial charge is 0.410 e. The molecule has 0 aliphatic rings. The lowest BCUT2D eigenvalue weighted by Gasteiger charge is -2.44. The summed E-state index contributed by atoms with van der Waals surface area (Å²) in [5, 5.41) is 8.80. The highest BCUT2D eigenvalue weighted by Crippen LogP contribution is 2.31. The van der Waals surface area contributed by atoms with Crippen LogP contribution in [0.15, 0.2) is 73.2 Å². The first-order chi connectivity index (χ1) is 32.5. The number of halogens is 20. The molecular weight excluding hydrogens is 981 g/mol. The zero-order valence-electron chi connectivity index (χ0n) is 32.9. The van der Waals surface area contributed by atoms with Gasteiger partial charge in [-0.05, 0) is 24.3 Å². The number of aromatic nitrogens is 2. The Morgan fingerprint density at radius 3 is 1.12 bits per heavy atom. The molecule has 356 valence electrons. The van der Waals surface area contributed by atoms with Gasteiger partial charge in [-0.3, -0.25) is 4.98 Å². The standard InChI is InChI=1S/C24BF20.C19H14N3O2/c26-5-1(6(27)14(35)21(42)13(5)34)25(2-7(28)15(36)22(43)16(37)8(2)29,3-9(30)17(38)23(44)18(39)10(3)31)4-11(32)19(40)24(45)20(41)12(4)33;20-12-15-6-8-17(9-7-15)24-19(23)18-13-21-10-11-22(18)14-16-4-2-1-3-5-16/h;1-11,13H,14H2/q-1;+1. The topological polar surface area (TPSA) is 66.9 Å². The predicted molar refractivity (Wildman–Crippen MR) is 195 cm³/mol. The molecule has 0 fully saturated rings. The Bertz CT molecular complexity index is 2880. The average molecular weight is 995 g/mol. The van der Waals surface area contributed by atoms with Crippen LogP contribution in [-0.4, -0.2) is 17.1 Å². The lowest BCUT2D eigenvalue weighted by molar-refractivity contribution is -0.691. The van der Waals surface area contributed by atoms with Crippen LogP contribution < -0.4 is 31.2 Å². The van der Waals surface area contributed by atoms with Crippen molar-refractivity contribution in [3.8, 4) is 11.8 Å². The highest BCUT2D eigenvalue weighted by molar-refractivity contribution is 7.20. The second kappa shape index (κ2) is 19.3. The van der Waals surface area contributed by atoms with Crippen LogP contribution in [0.1, 0.15) is 21.6 Å². The molecule has 0 atom stereocenters. The normalized spacial score (nSPS) is 11.3. The van der Waals surface area contributed by atoms with Crippen molar-refractivity contribution in [2.24, 2.45) is 0 Å². The quantitative estimate of drug-likeness (QED) is 0.0292. The Balaban J connectivity index is 0.000000273. The highest BCUT2D eigenvalue weighted by atomic mass is 19.2. The van der Waals surface area contributed by atoms with Crippen molar-refractivity contribution >= 4 is 34.0 Å². The van der Waals surface area contributed by atoms with E-state index in [1.807, 2.05) is 36.4 Å². The van der Waals surface area contributed by atoms with Crippen molar-refractivity contribution < 1.29 is 102 Å². The van der Waals surface area contributed by atoms with Gasteiger partial charge in [0, 0.05) is 5.56 Å². The van der Waals surface area contributed by atoms with Gasteiger partial charge >= 0.3 is 11.7 Å². The van der Waals surface area contributed by atoms with E-state index in [4.69, 9.17) is 10.00 Å². The number of hydrogen-bond acceptors (Lipinski definition) is 4. The van der Waals surface area contributed by atoms with Gasteiger partial charge in [0.1, 0.15) is 64.6 Å². The third-order valence-corrected chi connectivity index (χ3v) is 10.1. The van der Waals surface area contributed by atoms with Crippen LogP contribution in [0.25, 0.3) is 0 Å². The van der Waals surface area contributed by atoms with E-state index in [2.05, 4.69) is 4.98 Å². The largest absolute Gasteiger partial charge is 0.419 e. The number of nitriles is 1. The molecule has 5 nitrogen and oxygen atoms in total. The van der Waals surface area contributed by atoms with Crippen molar-refractivity contribution in [3.05, 3.63) is 206 Å². The van der Waals surface area contributed by atoms with Gasteiger partial charge in [-0.15, -0.1) is 21.9 Å². The number of benzene rings is 6. The maximum atomic E-state index is 15.4. The Labute approximate surface area is 370 Å². The van der Waals surface area contributed by atoms with Crippen molar-refractivity contribution in [1.82, 2.24) is 4.98 Å². The minimum absolute atomic E-state index is 0.353. The van der Waals surface area contributed by atoms with Crippen molar-refractivity contribution in [1.29, 1.82) is 5.26 Å². The Morgan fingerprint density at radius 1 is 0.478 bits per heavy atom. The lowest BCUT2D eigenvalue weighted by atomic mass is 9.12. The molecule has 0 N–H and O–H groups in total. The fourth-order valence-corrected chi connectivity index (χ4v) is 7.11. The molecule has 0 aliphatic carbocycles. The molecule has 0 saturated heterocycles. The van der Waals surface area contributed by atoms with Crippen molar-refractivity contribution in [2.45, 2.75) is 6.54 Å². The van der Waals surface area contributed by atoms with Crippen molar-refractivity contribution in [3.63, 3.8) is 0 Å². The van der Waals surface area contributed by atoms with E-state index < -0.39 is 150 Å². The summed E-state index contributed by atoms with van der Waals surface area (Å²) in [6, 6.07) is 18.2. The number of nitrogens with zero attached hydrogens (tertiary/aromatic N) is 3. The molecule has 69 heavy (non-hydrogen) atoms. The number of esters is 1. The summed E-state index contributed by atoms with van der Waals surface area (Å²) in [7, 11) is 0. The number of ether oxygens (including phenoxy) is 1. The summed E-state index contributed by atoms with van der Waals surface area (Å²) in [5.74, 6) is -71.5. The maximum absolute atomic E-state index is 15.4. The van der Waals surface area contributed by atoms with Gasteiger partial charge in [0.15, 0.2) is 82.5 Å². The van der Waals surface area contributed by atoms with Gasteiger partial charge in [0.05, 0.1) is 17.8 Å². The molecule has 1 heterocycles. The number of carbonyl (C=O) groups excluding carboxylic acids is 1. The highest BCUT2D eigenvalue weighted by Gasteiger charge is 2.52. The molecular formula is C43H14BF20N3O2. The summed E-state index contributed by atoms with van der Waals surface area (Å²) in [6.07, 6.45) is -2.37. The number of rotatable bonds is 8. The van der Waals surface area contributed by atoms with Gasteiger partial charge in [-0.25, -0.2) is 92.6 Å². The second-order valence-electron chi connectivity index (χ2n) is 13.9. The van der Waals surface area contributed by atoms with E-state index in [9.17, 15) is 57.5 Å². The predicted octanol–water partition coefficient (Wildman–Crippen LogP) is 8.35. The molecule has 0 unspecified atom stereocenters. The molecule has 0 bridgehead atoms. The molecule has 0 amide bonds. The summed E-state index contributed by atoms with van der Waals surface area (Å²) < 4.78 is 301. The third kappa shape index (κ3) is 8.41. The fourth-order valence-electron chi connectivity index (χ4n) is 7.11. The Hall–Kier alpha value is -7.98. The first-order valence-corrected chi connectivity index (χ1v) is 18.3. The van der Waals surface area contributed by atoms with Crippen LogP contribution >= 0.6 is 0 Å². The van der Waals surface area contributed by atoms with Crippen LogP contribution in [0.4, 0.5) is 87.8 Å². The van der Waals surface area contributed by atoms with E-state index >= 15 is 35.1 Å². The summed E-state index contributed by atoms with van der Waals surface area (Å²) in [6.45, 7) is 0.543. The average Bonchev–Trinajstić information content (AvgIpc) is 3.34. The first kappa shape index (κ1) is 50.4. The van der Waals surface area contributed by atoms with Crippen LogP contribution in [0.2, 0.25) is 0 Å². The van der Waals surface area contributed by atoms with Gasteiger partial charge in [0.2, 0.25) is 0 Å². The maximum Gasteiger partial charge on any atom is 0.410 e. The van der Waals surface area contributed by atoms with E-state index in [1.165, 1.54) is 6.20 Å². The summed E-state index contributed by atoms with van der Waals surface area (Å²) >= 11 is 0.